The van der Waals surface area contributed by atoms with E-state index in [1.807, 2.05) is 20.8 Å². The summed E-state index contributed by atoms with van der Waals surface area (Å²) in [7, 11) is 0. The van der Waals surface area contributed by atoms with Gasteiger partial charge in [0, 0.05) is 0 Å². The van der Waals surface area contributed by atoms with E-state index in [-0.39, 0.29) is 0 Å². The summed E-state index contributed by atoms with van der Waals surface area (Å²) in [6, 6.07) is 0. The minimum absolute atomic E-state index is 0.500. The molecule has 0 unspecified atom stereocenters. The Morgan fingerprint density at radius 2 is 0.900 bits per heavy atom. The van der Waals surface area contributed by atoms with Crippen LogP contribution in [0.15, 0.2) is 36.0 Å². The van der Waals surface area contributed by atoms with E-state index in [0.29, 0.717) is 5.41 Å². The van der Waals surface area contributed by atoms with E-state index in [1.54, 1.807) is 0 Å². The van der Waals surface area contributed by atoms with Crippen molar-refractivity contribution in [2.24, 2.45) is 5.41 Å². The van der Waals surface area contributed by atoms with Gasteiger partial charge in [-0.3, -0.25) is 0 Å². The molecule has 0 nitrogen and oxygen atoms in total. The van der Waals surface area contributed by atoms with Crippen LogP contribution in [0.25, 0.3) is 0 Å². The molecule has 0 aromatic rings. The van der Waals surface area contributed by atoms with Gasteiger partial charge in [-0.1, -0.05) is 64.3 Å². The Balaban J connectivity index is -0.0000000853. The Labute approximate surface area is 131 Å². The SMILES string of the molecule is C=C(C)CC.C=C(C)CC.CC(C)(C)C.CC=C(C)C. The first-order valence-electron chi connectivity index (χ1n) is 7.69. The van der Waals surface area contributed by atoms with Gasteiger partial charge >= 0.3 is 0 Å². The predicted octanol–water partition coefficient (Wildman–Crippen LogP) is 7.97. The minimum Gasteiger partial charge on any atom is -0.100 e. The first-order valence-corrected chi connectivity index (χ1v) is 7.69. The van der Waals surface area contributed by atoms with Crippen LogP contribution in [0.5, 0.6) is 0 Å². The second-order valence-corrected chi connectivity index (χ2v) is 6.99. The summed E-state index contributed by atoms with van der Waals surface area (Å²) in [6.07, 6.45) is 4.31. The molecular formula is C20H42. The average Bonchev–Trinajstić information content (AvgIpc) is 2.28. The van der Waals surface area contributed by atoms with Gasteiger partial charge in [0.1, 0.15) is 0 Å². The lowest BCUT2D eigenvalue weighted by Crippen LogP contribution is -1.93. The third-order valence-electron chi connectivity index (χ3n) is 1.78. The zero-order valence-corrected chi connectivity index (χ0v) is 16.4. The molecule has 0 rings (SSSR count). The maximum absolute atomic E-state index is 3.67. The molecule has 0 saturated carbocycles. The van der Waals surface area contributed by atoms with Crippen molar-refractivity contribution >= 4 is 0 Å². The smallest absolute Gasteiger partial charge is 0.0354 e. The molecule has 0 aliphatic heterocycles. The maximum Gasteiger partial charge on any atom is -0.0354 e. The van der Waals surface area contributed by atoms with Crippen LogP contribution in [0, 0.1) is 5.41 Å². The lowest BCUT2D eigenvalue weighted by molar-refractivity contribution is 0.469. The molecule has 0 heteroatoms. The van der Waals surface area contributed by atoms with Crippen molar-refractivity contribution < 1.29 is 0 Å². The molecule has 122 valence electrons. The summed E-state index contributed by atoms with van der Waals surface area (Å²) in [5.74, 6) is 0. The molecule has 0 N–H and O–H groups in total. The van der Waals surface area contributed by atoms with Crippen LogP contribution in [-0.4, -0.2) is 0 Å². The van der Waals surface area contributed by atoms with E-state index >= 15 is 0 Å². The van der Waals surface area contributed by atoms with Crippen molar-refractivity contribution in [3.05, 3.63) is 36.0 Å². The molecule has 0 amide bonds. The third kappa shape index (κ3) is 166. The Bertz CT molecular complexity index is 222. The van der Waals surface area contributed by atoms with E-state index < -0.39 is 0 Å². The van der Waals surface area contributed by atoms with Gasteiger partial charge in [0.05, 0.1) is 0 Å². The molecule has 0 saturated heterocycles. The highest BCUT2D eigenvalue weighted by Gasteiger charge is 1.95. The van der Waals surface area contributed by atoms with Gasteiger partial charge < -0.3 is 0 Å². The fourth-order valence-corrected chi connectivity index (χ4v) is 0. The minimum atomic E-state index is 0.500. The molecule has 0 spiro atoms. The van der Waals surface area contributed by atoms with Crippen LogP contribution in [-0.2, 0) is 0 Å². The number of hydrogen-bond donors (Lipinski definition) is 0. The zero-order chi connectivity index (χ0) is 17.4. The van der Waals surface area contributed by atoms with Gasteiger partial charge in [0.15, 0.2) is 0 Å². The van der Waals surface area contributed by atoms with Crippen molar-refractivity contribution in [2.45, 2.75) is 89.0 Å². The van der Waals surface area contributed by atoms with Crippen molar-refractivity contribution in [3.8, 4) is 0 Å². The second kappa shape index (κ2) is 18.2. The standard InChI is InChI=1S/C5H12.3C5H10/c1-5(2,3)4;3*1-4-5(2)3/h1-4H3;4H,1-3H3;2*2,4H2,1,3H3. The van der Waals surface area contributed by atoms with E-state index in [2.05, 4.69) is 74.6 Å². The van der Waals surface area contributed by atoms with Crippen LogP contribution in [0.3, 0.4) is 0 Å². The molecule has 0 bridgehead atoms. The summed E-state index contributed by atoms with van der Waals surface area (Å²) in [4.78, 5) is 0. The highest BCUT2D eigenvalue weighted by molar-refractivity contribution is 4.88. The van der Waals surface area contributed by atoms with Crippen LogP contribution >= 0.6 is 0 Å². The molecule has 0 heterocycles. The lowest BCUT2D eigenvalue weighted by Gasteiger charge is -2.05. The zero-order valence-electron chi connectivity index (χ0n) is 16.4. The first kappa shape index (κ1) is 27.5. The summed E-state index contributed by atoms with van der Waals surface area (Å²) >= 11 is 0. The van der Waals surface area contributed by atoms with Gasteiger partial charge in [0.25, 0.3) is 0 Å². The second-order valence-electron chi connectivity index (χ2n) is 6.99. The predicted molar refractivity (Wildman–Crippen MR) is 100 cm³/mol. The van der Waals surface area contributed by atoms with Gasteiger partial charge in [-0.25, -0.2) is 0 Å². The Morgan fingerprint density at radius 1 is 0.800 bits per heavy atom. The van der Waals surface area contributed by atoms with Crippen molar-refractivity contribution in [3.63, 3.8) is 0 Å². The molecule has 0 aliphatic carbocycles. The molecule has 0 fully saturated rings. The summed E-state index contributed by atoms with van der Waals surface area (Å²) in [5, 5.41) is 0. The highest BCUT2D eigenvalue weighted by atomic mass is 14.0. The van der Waals surface area contributed by atoms with Crippen molar-refractivity contribution in [1.82, 2.24) is 0 Å². The van der Waals surface area contributed by atoms with Gasteiger partial charge in [0.2, 0.25) is 0 Å². The van der Waals surface area contributed by atoms with Crippen LogP contribution in [0.4, 0.5) is 0 Å². The molecule has 20 heavy (non-hydrogen) atoms. The summed E-state index contributed by atoms with van der Waals surface area (Å²) in [5.41, 5.74) is 4.39. The van der Waals surface area contributed by atoms with E-state index in [4.69, 9.17) is 0 Å². The van der Waals surface area contributed by atoms with Gasteiger partial charge in [-0.2, -0.15) is 0 Å². The monoisotopic (exact) mass is 282 g/mol. The van der Waals surface area contributed by atoms with Crippen molar-refractivity contribution in [1.29, 1.82) is 0 Å². The summed E-state index contributed by atoms with van der Waals surface area (Å²) in [6.45, 7) is 30.6. The average molecular weight is 283 g/mol. The number of allylic oxidation sites excluding steroid dienone is 4. The van der Waals surface area contributed by atoms with Crippen LogP contribution in [0.1, 0.15) is 89.0 Å². The number of rotatable bonds is 2. The Morgan fingerprint density at radius 3 is 0.900 bits per heavy atom. The van der Waals surface area contributed by atoms with Crippen LogP contribution in [0.2, 0.25) is 0 Å². The summed E-state index contributed by atoms with van der Waals surface area (Å²) < 4.78 is 0. The highest BCUT2D eigenvalue weighted by Crippen LogP contribution is 2.08. The fourth-order valence-electron chi connectivity index (χ4n) is 0. The third-order valence-corrected chi connectivity index (χ3v) is 1.78. The van der Waals surface area contributed by atoms with E-state index in [9.17, 15) is 0 Å². The normalized spacial score (nSPS) is 8.55. The first-order chi connectivity index (χ1) is 8.81. The fraction of sp³-hybridized carbons (Fsp3) is 0.700. The maximum atomic E-state index is 3.67. The molecule has 0 aromatic heterocycles. The molecule has 0 radical (unpaired) electrons. The molecule has 0 aliphatic rings. The quantitative estimate of drug-likeness (QED) is 0.450. The topological polar surface area (TPSA) is 0 Å². The van der Waals surface area contributed by atoms with Crippen molar-refractivity contribution in [2.75, 3.05) is 0 Å². The lowest BCUT2D eigenvalue weighted by atomic mass is 10.0. The van der Waals surface area contributed by atoms with Gasteiger partial charge in [-0.05, 0) is 52.9 Å². The number of hydrogen-bond acceptors (Lipinski definition) is 0. The molecule has 0 atom stereocenters. The van der Waals surface area contributed by atoms with E-state index in [0.717, 1.165) is 12.8 Å². The molecular weight excluding hydrogens is 240 g/mol. The Hall–Kier alpha value is -0.780. The molecule has 0 aromatic carbocycles. The van der Waals surface area contributed by atoms with Gasteiger partial charge in [-0.15, -0.1) is 13.2 Å². The van der Waals surface area contributed by atoms with E-state index in [1.165, 1.54) is 16.7 Å². The van der Waals surface area contributed by atoms with Crippen LogP contribution < -0.4 is 0 Å². The Kier molecular flexibility index (Phi) is 25.1. The largest absolute Gasteiger partial charge is 0.100 e.